The first-order valence-corrected chi connectivity index (χ1v) is 11.2. The van der Waals surface area contributed by atoms with Crippen LogP contribution in [-0.2, 0) is 52.5 Å². The lowest BCUT2D eigenvalue weighted by Gasteiger charge is -2.45. The van der Waals surface area contributed by atoms with E-state index >= 15 is 0 Å². The minimum atomic E-state index is -1.36. The van der Waals surface area contributed by atoms with E-state index in [0.717, 1.165) is 20.8 Å². The molecule has 1 saturated heterocycles. The Hall–Kier alpha value is -3.26. The van der Waals surface area contributed by atoms with E-state index in [1.807, 2.05) is 0 Å². The quantitative estimate of drug-likeness (QED) is 0.245. The number of ether oxygens (including phenoxy) is 5. The van der Waals surface area contributed by atoms with Gasteiger partial charge in [-0.1, -0.05) is 0 Å². The van der Waals surface area contributed by atoms with Crippen molar-refractivity contribution in [3.63, 3.8) is 0 Å². The zero-order valence-corrected chi connectivity index (χ0v) is 21.4. The fourth-order valence-electron chi connectivity index (χ4n) is 3.33. The standard InChI is InChI=1S/C22H35N3O11/c1-10(26)24-17-19(34-13(4)29)18(33-12(3)28)15(9-32-11(2)27)35-20(17)25-16(30)8-14(23)21(31)36-22(5,6)7/h14-15,17-20H,8-9,23H2,1-7H3,(H,24,26)(H,25,30)/t14-,15+,17+,18+,19+,20+/m0/s1. The van der Waals surface area contributed by atoms with Gasteiger partial charge >= 0.3 is 23.9 Å². The number of hydrogen-bond acceptors (Lipinski definition) is 12. The van der Waals surface area contributed by atoms with E-state index in [4.69, 9.17) is 29.4 Å². The van der Waals surface area contributed by atoms with E-state index in [1.54, 1.807) is 20.8 Å². The second-order valence-electron chi connectivity index (χ2n) is 9.18. The second kappa shape index (κ2) is 13.2. The molecular formula is C22H35N3O11. The Morgan fingerprint density at radius 3 is 1.92 bits per heavy atom. The molecule has 0 unspecified atom stereocenters. The highest BCUT2D eigenvalue weighted by Gasteiger charge is 2.51. The van der Waals surface area contributed by atoms with E-state index in [2.05, 4.69) is 10.6 Å². The zero-order valence-electron chi connectivity index (χ0n) is 21.4. The molecule has 1 aliphatic rings. The normalized spacial score (nSPS) is 24.5. The van der Waals surface area contributed by atoms with Gasteiger partial charge in [0, 0.05) is 27.7 Å². The van der Waals surface area contributed by atoms with Crippen molar-refractivity contribution in [3.05, 3.63) is 0 Å². The summed E-state index contributed by atoms with van der Waals surface area (Å²) < 4.78 is 26.6. The number of amides is 2. The summed E-state index contributed by atoms with van der Waals surface area (Å²) in [4.78, 5) is 71.8. The lowest BCUT2D eigenvalue weighted by molar-refractivity contribution is -0.228. The summed E-state index contributed by atoms with van der Waals surface area (Å²) in [7, 11) is 0. The number of nitrogens with one attached hydrogen (secondary N) is 2. The number of rotatable bonds is 9. The molecule has 0 aromatic heterocycles. The van der Waals surface area contributed by atoms with Crippen LogP contribution in [0.1, 0.15) is 54.9 Å². The summed E-state index contributed by atoms with van der Waals surface area (Å²) in [6, 6.07) is -2.53. The van der Waals surface area contributed by atoms with Crippen molar-refractivity contribution in [1.82, 2.24) is 10.6 Å². The lowest BCUT2D eigenvalue weighted by atomic mass is 9.95. The Morgan fingerprint density at radius 2 is 1.44 bits per heavy atom. The van der Waals surface area contributed by atoms with E-state index < -0.39 is 90.9 Å². The van der Waals surface area contributed by atoms with Gasteiger partial charge in [-0.2, -0.15) is 0 Å². The molecule has 36 heavy (non-hydrogen) atoms. The predicted molar refractivity (Wildman–Crippen MR) is 121 cm³/mol. The third-order valence-corrected chi connectivity index (χ3v) is 4.53. The average Bonchev–Trinajstić information content (AvgIpc) is 2.68. The first kappa shape index (κ1) is 30.8. The van der Waals surface area contributed by atoms with Crippen LogP contribution in [0.15, 0.2) is 0 Å². The first-order valence-electron chi connectivity index (χ1n) is 11.2. The van der Waals surface area contributed by atoms with Gasteiger partial charge in [0.15, 0.2) is 18.4 Å². The van der Waals surface area contributed by atoms with Crippen LogP contribution in [-0.4, -0.2) is 84.5 Å². The molecule has 14 heteroatoms. The van der Waals surface area contributed by atoms with Gasteiger partial charge in [-0.25, -0.2) is 0 Å². The van der Waals surface area contributed by atoms with Crippen molar-refractivity contribution in [3.8, 4) is 0 Å². The first-order chi connectivity index (χ1) is 16.5. The highest BCUT2D eigenvalue weighted by molar-refractivity contribution is 5.85. The molecule has 4 N–H and O–H groups in total. The Balaban J connectivity index is 3.24. The Morgan fingerprint density at radius 1 is 0.889 bits per heavy atom. The molecule has 204 valence electrons. The maximum atomic E-state index is 12.7. The minimum Gasteiger partial charge on any atom is -0.463 e. The van der Waals surface area contributed by atoms with Crippen LogP contribution in [0.4, 0.5) is 0 Å². The molecule has 0 aromatic rings. The van der Waals surface area contributed by atoms with Gasteiger partial charge in [0.25, 0.3) is 0 Å². The van der Waals surface area contributed by atoms with Crippen LogP contribution < -0.4 is 16.4 Å². The number of hydrogen-bond donors (Lipinski definition) is 3. The molecule has 0 aromatic carbocycles. The van der Waals surface area contributed by atoms with Crippen molar-refractivity contribution >= 4 is 35.7 Å². The Bertz CT molecular complexity index is 855. The molecule has 0 bridgehead atoms. The van der Waals surface area contributed by atoms with Gasteiger partial charge in [0.2, 0.25) is 11.8 Å². The molecule has 1 heterocycles. The van der Waals surface area contributed by atoms with Gasteiger partial charge < -0.3 is 40.1 Å². The number of carbonyl (C=O) groups is 6. The molecule has 0 radical (unpaired) electrons. The highest BCUT2D eigenvalue weighted by atomic mass is 16.6. The second-order valence-corrected chi connectivity index (χ2v) is 9.18. The van der Waals surface area contributed by atoms with Gasteiger partial charge in [-0.15, -0.1) is 0 Å². The summed E-state index contributed by atoms with van der Waals surface area (Å²) in [6.07, 6.45) is -5.70. The molecule has 1 rings (SSSR count). The summed E-state index contributed by atoms with van der Waals surface area (Å²) in [6.45, 7) is 9.02. The average molecular weight is 518 g/mol. The van der Waals surface area contributed by atoms with E-state index in [0.29, 0.717) is 0 Å². The van der Waals surface area contributed by atoms with Crippen LogP contribution in [0.25, 0.3) is 0 Å². The van der Waals surface area contributed by atoms with E-state index in [1.165, 1.54) is 6.92 Å². The maximum Gasteiger partial charge on any atom is 0.323 e. The topological polar surface area (TPSA) is 199 Å². The molecule has 0 spiro atoms. The zero-order chi connectivity index (χ0) is 27.8. The Labute approximate surface area is 208 Å². The molecule has 0 aliphatic carbocycles. The fourth-order valence-corrected chi connectivity index (χ4v) is 3.33. The number of esters is 4. The molecular weight excluding hydrogens is 482 g/mol. The van der Waals surface area contributed by atoms with Gasteiger partial charge in [-0.05, 0) is 20.8 Å². The summed E-state index contributed by atoms with van der Waals surface area (Å²) in [5.74, 6) is -4.35. The van der Waals surface area contributed by atoms with E-state index in [9.17, 15) is 28.8 Å². The molecule has 2 amide bonds. The van der Waals surface area contributed by atoms with Crippen LogP contribution >= 0.6 is 0 Å². The fraction of sp³-hybridized carbons (Fsp3) is 0.727. The van der Waals surface area contributed by atoms with Crippen LogP contribution in [0.2, 0.25) is 0 Å². The van der Waals surface area contributed by atoms with Gasteiger partial charge in [-0.3, -0.25) is 28.8 Å². The van der Waals surface area contributed by atoms with Gasteiger partial charge in [0.05, 0.1) is 6.42 Å². The van der Waals surface area contributed by atoms with Crippen LogP contribution in [0.5, 0.6) is 0 Å². The molecule has 6 atom stereocenters. The molecule has 14 nitrogen and oxygen atoms in total. The van der Waals surface area contributed by atoms with Crippen LogP contribution in [0.3, 0.4) is 0 Å². The lowest BCUT2D eigenvalue weighted by Crippen LogP contribution is -2.69. The maximum absolute atomic E-state index is 12.7. The van der Waals surface area contributed by atoms with Crippen molar-refractivity contribution in [2.24, 2.45) is 5.73 Å². The third-order valence-electron chi connectivity index (χ3n) is 4.53. The highest BCUT2D eigenvalue weighted by Crippen LogP contribution is 2.26. The van der Waals surface area contributed by atoms with Crippen LogP contribution in [0, 0.1) is 0 Å². The monoisotopic (exact) mass is 517 g/mol. The summed E-state index contributed by atoms with van der Waals surface area (Å²) in [5, 5.41) is 4.99. The van der Waals surface area contributed by atoms with Gasteiger partial charge in [0.1, 0.15) is 30.4 Å². The predicted octanol–water partition coefficient (Wildman–Crippen LogP) is -1.18. The molecule has 0 saturated carbocycles. The van der Waals surface area contributed by atoms with Crippen molar-refractivity contribution in [1.29, 1.82) is 0 Å². The Kier molecular flexibility index (Phi) is 11.2. The van der Waals surface area contributed by atoms with Crippen molar-refractivity contribution in [2.45, 2.75) is 97.1 Å². The summed E-state index contributed by atoms with van der Waals surface area (Å²) >= 11 is 0. The van der Waals surface area contributed by atoms with E-state index in [-0.39, 0.29) is 0 Å². The van der Waals surface area contributed by atoms with Crippen molar-refractivity contribution in [2.75, 3.05) is 6.61 Å². The molecule has 1 fully saturated rings. The smallest absolute Gasteiger partial charge is 0.323 e. The van der Waals surface area contributed by atoms with Crippen molar-refractivity contribution < 1.29 is 52.5 Å². The number of carbonyl (C=O) groups excluding carboxylic acids is 6. The largest absolute Gasteiger partial charge is 0.463 e. The third kappa shape index (κ3) is 10.6. The molecule has 1 aliphatic heterocycles. The SMILES string of the molecule is CC(=O)N[C@@H]1[C@@H](OC(C)=O)[C@H](OC(C)=O)[C@@H](COC(C)=O)O[C@H]1NC(=O)C[C@H](N)C(=O)OC(C)(C)C. The summed E-state index contributed by atoms with van der Waals surface area (Å²) in [5.41, 5.74) is 4.98. The minimum absolute atomic E-state index is 0.429. The number of nitrogens with two attached hydrogens (primary N) is 1.